The normalized spacial score (nSPS) is 17.3. The molecule has 10 N–H and O–H groups in total. The van der Waals surface area contributed by atoms with E-state index in [0.717, 1.165) is 6.42 Å². The van der Waals surface area contributed by atoms with E-state index in [1.165, 1.54) is 12.1 Å². The number of phenolic OH excluding ortho intramolecular Hbond substituents is 1. The van der Waals surface area contributed by atoms with Crippen molar-refractivity contribution in [3.05, 3.63) is 29.8 Å². The van der Waals surface area contributed by atoms with E-state index in [4.69, 9.17) is 11.5 Å². The van der Waals surface area contributed by atoms with E-state index in [1.807, 2.05) is 0 Å². The topological polar surface area (TPSA) is 226 Å². The molecule has 1 heterocycles. The fraction of sp³-hybridized carbons (Fsp3) is 0.542. The van der Waals surface area contributed by atoms with Crippen LogP contribution < -0.4 is 32.7 Å². The molecule has 4 unspecified atom stereocenters. The number of primary amides is 1. The van der Waals surface area contributed by atoms with E-state index in [0.29, 0.717) is 37.9 Å². The standard InChI is InChI=1S/C24H36N6O7/c25-10-2-1-4-17(24(36)37)28-23(35)19(13-20(26)32)30-22(34)18(12-14-6-8-15(31)9-7-14)29-21(33)16-5-3-11-27-16/h6-9,16-19,27,31H,1-5,10-13,25H2,(H2,26,32)(H,28,35)(H,29,33)(H,30,34)(H,36,37). The van der Waals surface area contributed by atoms with Crippen molar-refractivity contribution < 1.29 is 34.2 Å². The highest BCUT2D eigenvalue weighted by atomic mass is 16.4. The Morgan fingerprint density at radius 1 is 0.973 bits per heavy atom. The highest BCUT2D eigenvalue weighted by Crippen LogP contribution is 2.13. The first-order valence-corrected chi connectivity index (χ1v) is 12.2. The van der Waals surface area contributed by atoms with Crippen LogP contribution in [0.4, 0.5) is 0 Å². The Hall–Kier alpha value is -3.71. The lowest BCUT2D eigenvalue weighted by Crippen LogP contribution is -2.58. The van der Waals surface area contributed by atoms with Crippen LogP contribution in [0.15, 0.2) is 24.3 Å². The van der Waals surface area contributed by atoms with Crippen LogP contribution in [0.5, 0.6) is 5.75 Å². The van der Waals surface area contributed by atoms with Gasteiger partial charge in [-0.15, -0.1) is 0 Å². The second-order valence-electron chi connectivity index (χ2n) is 9.00. The van der Waals surface area contributed by atoms with Crippen LogP contribution in [0.25, 0.3) is 0 Å². The zero-order valence-corrected chi connectivity index (χ0v) is 20.6. The third kappa shape index (κ3) is 10.1. The maximum absolute atomic E-state index is 13.2. The molecule has 0 aliphatic carbocycles. The molecule has 1 saturated heterocycles. The van der Waals surface area contributed by atoms with E-state index in [2.05, 4.69) is 21.3 Å². The van der Waals surface area contributed by atoms with E-state index in [1.54, 1.807) is 12.1 Å². The highest BCUT2D eigenvalue weighted by Gasteiger charge is 2.32. The Balaban J connectivity index is 2.17. The summed E-state index contributed by atoms with van der Waals surface area (Å²) in [7, 11) is 0. The van der Waals surface area contributed by atoms with Crippen molar-refractivity contribution >= 4 is 29.6 Å². The van der Waals surface area contributed by atoms with Gasteiger partial charge in [-0.2, -0.15) is 0 Å². The number of nitrogens with two attached hydrogens (primary N) is 2. The molecule has 1 fully saturated rings. The number of phenols is 1. The van der Waals surface area contributed by atoms with E-state index >= 15 is 0 Å². The van der Waals surface area contributed by atoms with Crippen LogP contribution in [0.2, 0.25) is 0 Å². The molecule has 1 aromatic carbocycles. The number of unbranched alkanes of at least 4 members (excludes halogenated alkanes) is 1. The minimum absolute atomic E-state index is 0.0292. The fourth-order valence-corrected chi connectivity index (χ4v) is 3.96. The molecule has 0 saturated carbocycles. The molecule has 0 bridgehead atoms. The fourth-order valence-electron chi connectivity index (χ4n) is 3.96. The van der Waals surface area contributed by atoms with Crippen LogP contribution >= 0.6 is 0 Å². The molecule has 204 valence electrons. The number of amides is 4. The van der Waals surface area contributed by atoms with Gasteiger partial charge in [-0.25, -0.2) is 4.79 Å². The molecule has 4 atom stereocenters. The molecule has 4 amide bonds. The lowest BCUT2D eigenvalue weighted by molar-refractivity contribution is -0.142. The second-order valence-corrected chi connectivity index (χ2v) is 9.00. The van der Waals surface area contributed by atoms with Crippen molar-refractivity contribution in [2.24, 2.45) is 11.5 Å². The Morgan fingerprint density at radius 3 is 2.19 bits per heavy atom. The van der Waals surface area contributed by atoms with Gasteiger partial charge in [-0.1, -0.05) is 12.1 Å². The minimum Gasteiger partial charge on any atom is -0.508 e. The Morgan fingerprint density at radius 2 is 1.62 bits per heavy atom. The van der Waals surface area contributed by atoms with Gasteiger partial charge in [0.25, 0.3) is 0 Å². The molecule has 1 aromatic rings. The van der Waals surface area contributed by atoms with Gasteiger partial charge in [0.1, 0.15) is 23.9 Å². The molecule has 1 aliphatic rings. The van der Waals surface area contributed by atoms with Crippen molar-refractivity contribution in [2.45, 2.75) is 69.1 Å². The van der Waals surface area contributed by atoms with E-state index in [9.17, 15) is 34.2 Å². The van der Waals surface area contributed by atoms with Crippen LogP contribution in [-0.4, -0.2) is 77.1 Å². The molecule has 37 heavy (non-hydrogen) atoms. The van der Waals surface area contributed by atoms with Crippen molar-refractivity contribution in [3.8, 4) is 5.75 Å². The summed E-state index contributed by atoms with van der Waals surface area (Å²) in [5.41, 5.74) is 11.3. The molecule has 1 aliphatic heterocycles. The van der Waals surface area contributed by atoms with Gasteiger partial charge in [-0.05, 0) is 62.9 Å². The first-order valence-electron chi connectivity index (χ1n) is 12.2. The van der Waals surface area contributed by atoms with Crippen LogP contribution in [-0.2, 0) is 30.4 Å². The number of aromatic hydroxyl groups is 1. The summed E-state index contributed by atoms with van der Waals surface area (Å²) >= 11 is 0. The van der Waals surface area contributed by atoms with Crippen LogP contribution in [0, 0.1) is 0 Å². The summed E-state index contributed by atoms with van der Waals surface area (Å²) in [6.45, 7) is 1.04. The van der Waals surface area contributed by atoms with Crippen molar-refractivity contribution in [3.63, 3.8) is 0 Å². The van der Waals surface area contributed by atoms with Gasteiger partial charge in [0.05, 0.1) is 12.5 Å². The first kappa shape index (κ1) is 29.5. The lowest BCUT2D eigenvalue weighted by atomic mass is 10.0. The number of hydrogen-bond acceptors (Lipinski definition) is 8. The number of aliphatic carboxylic acids is 1. The largest absolute Gasteiger partial charge is 0.508 e. The quantitative estimate of drug-likeness (QED) is 0.122. The third-order valence-electron chi connectivity index (χ3n) is 5.99. The van der Waals surface area contributed by atoms with Gasteiger partial charge in [0, 0.05) is 6.42 Å². The molecule has 0 radical (unpaired) electrons. The third-order valence-corrected chi connectivity index (χ3v) is 5.99. The molecule has 13 heteroatoms. The maximum Gasteiger partial charge on any atom is 0.326 e. The van der Waals surface area contributed by atoms with Gasteiger partial charge in [0.15, 0.2) is 0 Å². The number of carboxylic acids is 1. The molecule has 0 aromatic heterocycles. The second kappa shape index (κ2) is 14.8. The number of carboxylic acid groups (broad SMARTS) is 1. The number of benzene rings is 1. The molecule has 13 nitrogen and oxygen atoms in total. The summed E-state index contributed by atoms with van der Waals surface area (Å²) in [5.74, 6) is -4.16. The minimum atomic E-state index is -1.45. The number of rotatable bonds is 15. The summed E-state index contributed by atoms with van der Waals surface area (Å²) in [4.78, 5) is 62.0. The molecule has 2 rings (SSSR count). The van der Waals surface area contributed by atoms with Gasteiger partial charge in [-0.3, -0.25) is 19.2 Å². The van der Waals surface area contributed by atoms with Crippen LogP contribution in [0.1, 0.15) is 44.1 Å². The average Bonchev–Trinajstić information content (AvgIpc) is 3.38. The predicted molar refractivity (Wildman–Crippen MR) is 133 cm³/mol. The van der Waals surface area contributed by atoms with Crippen molar-refractivity contribution in [2.75, 3.05) is 13.1 Å². The Labute approximate surface area is 214 Å². The first-order chi connectivity index (χ1) is 17.6. The number of hydrogen-bond donors (Lipinski definition) is 8. The smallest absolute Gasteiger partial charge is 0.326 e. The average molecular weight is 521 g/mol. The number of carbonyl (C=O) groups is 5. The van der Waals surface area contributed by atoms with E-state index < -0.39 is 60.2 Å². The Kier molecular flexibility index (Phi) is 11.8. The number of carbonyl (C=O) groups excluding carboxylic acids is 4. The predicted octanol–water partition coefficient (Wildman–Crippen LogP) is -1.77. The van der Waals surface area contributed by atoms with E-state index in [-0.39, 0.29) is 18.6 Å². The molecular formula is C24H36N6O7. The van der Waals surface area contributed by atoms with Gasteiger partial charge >= 0.3 is 5.97 Å². The van der Waals surface area contributed by atoms with Crippen LogP contribution in [0.3, 0.4) is 0 Å². The zero-order valence-electron chi connectivity index (χ0n) is 20.6. The summed E-state index contributed by atoms with van der Waals surface area (Å²) < 4.78 is 0. The lowest BCUT2D eigenvalue weighted by Gasteiger charge is -2.25. The Bertz CT molecular complexity index is 949. The van der Waals surface area contributed by atoms with Crippen molar-refractivity contribution in [1.82, 2.24) is 21.3 Å². The monoisotopic (exact) mass is 520 g/mol. The number of nitrogens with one attached hydrogen (secondary N) is 4. The maximum atomic E-state index is 13.2. The highest BCUT2D eigenvalue weighted by molar-refractivity contribution is 5.96. The summed E-state index contributed by atoms with van der Waals surface area (Å²) in [6.07, 6.45) is 2.01. The summed E-state index contributed by atoms with van der Waals surface area (Å²) in [5, 5.41) is 29.5. The van der Waals surface area contributed by atoms with Crippen molar-refractivity contribution in [1.29, 1.82) is 0 Å². The van der Waals surface area contributed by atoms with Gasteiger partial charge in [0.2, 0.25) is 23.6 Å². The summed E-state index contributed by atoms with van der Waals surface area (Å²) in [6, 6.07) is 1.75. The zero-order chi connectivity index (χ0) is 27.4. The SMILES string of the molecule is NCCCCC(NC(=O)C(CC(N)=O)NC(=O)C(Cc1ccc(O)cc1)NC(=O)C1CCCN1)C(=O)O. The molecule has 0 spiro atoms. The molecular weight excluding hydrogens is 484 g/mol. The van der Waals surface area contributed by atoms with Gasteiger partial charge < -0.3 is 42.9 Å².